The zero-order valence-electron chi connectivity index (χ0n) is 44.8. The second kappa shape index (κ2) is 22.7. The quantitative estimate of drug-likeness (QED) is 0.145. The Labute approximate surface area is 435 Å². The molecule has 0 saturated carbocycles. The summed E-state index contributed by atoms with van der Waals surface area (Å²) in [6.45, 7) is 17.7. The molecule has 4 amide bonds. The van der Waals surface area contributed by atoms with E-state index in [0.717, 1.165) is 65.2 Å². The fourth-order valence-corrected chi connectivity index (χ4v) is 11.3. The molecule has 3 N–H and O–H groups in total. The summed E-state index contributed by atoms with van der Waals surface area (Å²) in [6.07, 6.45) is 3.61. The predicted octanol–water partition coefficient (Wildman–Crippen LogP) is 4.86. The van der Waals surface area contributed by atoms with Crippen molar-refractivity contribution in [1.82, 2.24) is 44.9 Å². The molecule has 0 aliphatic carbocycles. The minimum atomic E-state index is -1.65. The highest BCUT2D eigenvalue weighted by Gasteiger charge is 2.45. The molecule has 2 aromatic carbocycles. The molecule has 74 heavy (non-hydrogen) atoms. The molecule has 6 heterocycles. The first-order valence-electron chi connectivity index (χ1n) is 26.2. The van der Waals surface area contributed by atoms with E-state index in [0.29, 0.717) is 63.1 Å². The molecule has 8 rings (SSSR count). The lowest BCUT2D eigenvalue weighted by molar-refractivity contribution is -0.157. The van der Waals surface area contributed by atoms with Crippen LogP contribution >= 0.6 is 0 Å². The second-order valence-electron chi connectivity index (χ2n) is 22.1. The van der Waals surface area contributed by atoms with Crippen molar-refractivity contribution in [3.8, 4) is 40.0 Å². The lowest BCUT2D eigenvalue weighted by Crippen LogP contribution is -2.67. The maximum atomic E-state index is 15.2. The van der Waals surface area contributed by atoms with E-state index in [2.05, 4.69) is 83.0 Å². The van der Waals surface area contributed by atoms with Crippen molar-refractivity contribution in [2.24, 2.45) is 17.3 Å². The number of likely N-dealkylation sites (N-methyl/N-ethyl adjacent to an activating group) is 2. The number of phenols is 1. The molecule has 17 heteroatoms. The van der Waals surface area contributed by atoms with E-state index in [1.807, 2.05) is 32.0 Å². The number of ether oxygens (including phenoxy) is 2. The maximum absolute atomic E-state index is 15.2. The highest BCUT2D eigenvalue weighted by molar-refractivity contribution is 5.97. The second-order valence-corrected chi connectivity index (χ2v) is 22.1. The first-order valence-corrected chi connectivity index (χ1v) is 26.2. The molecular weight excluding hydrogens is 939 g/mol. The summed E-state index contributed by atoms with van der Waals surface area (Å²) in [5, 5.41) is 17.0. The molecule has 17 nitrogen and oxygen atoms in total. The number of fused-ring (bicyclic) bond motifs is 6. The van der Waals surface area contributed by atoms with Gasteiger partial charge in [-0.2, -0.15) is 0 Å². The molecule has 2 aromatic heterocycles. The number of nitrogens with one attached hydrogen (secondary N) is 2. The monoisotopic (exact) mass is 1010 g/mol. The number of nitrogens with zero attached hydrogens (tertiary/aromatic N) is 7. The SMILES string of the molecule is CCn1c(-c2cccnc2COC)c2c3cc(ccc31)-c1cc(O)cc(c1)CC(C)(NC(=O)[C@H](C(C)C)N(C)C(=O)[C@H]1CCN(C(=O)C#CCN3CCN(C)CC3)C1)C(=O)N1CCC[C@H](N1)C(=O)OCC(C)(C)C2. The number of carbonyl (C=O) groups is 5. The van der Waals surface area contributed by atoms with Gasteiger partial charge in [0, 0.05) is 101 Å². The van der Waals surface area contributed by atoms with Gasteiger partial charge in [-0.3, -0.25) is 38.9 Å². The Balaban J connectivity index is 1.12. The molecule has 4 aliphatic rings. The Bertz CT molecular complexity index is 2820. The van der Waals surface area contributed by atoms with E-state index in [-0.39, 0.29) is 49.6 Å². The van der Waals surface area contributed by atoms with Crippen LogP contribution in [0.5, 0.6) is 5.75 Å². The van der Waals surface area contributed by atoms with Crippen LogP contribution in [-0.2, 0) is 59.4 Å². The van der Waals surface area contributed by atoms with E-state index in [1.54, 1.807) is 44.3 Å². The molecule has 4 aliphatic heterocycles. The maximum Gasteiger partial charge on any atom is 0.324 e. The number of rotatable bonds is 10. The lowest BCUT2D eigenvalue weighted by Gasteiger charge is -2.41. The van der Waals surface area contributed by atoms with Crippen LogP contribution in [0.1, 0.15) is 77.6 Å². The van der Waals surface area contributed by atoms with Gasteiger partial charge in [0.25, 0.3) is 11.8 Å². The van der Waals surface area contributed by atoms with Crippen molar-refractivity contribution in [3.63, 3.8) is 0 Å². The Morgan fingerprint density at radius 3 is 2.50 bits per heavy atom. The fourth-order valence-electron chi connectivity index (χ4n) is 11.3. The van der Waals surface area contributed by atoms with Crippen LogP contribution in [0, 0.1) is 29.1 Å². The number of pyridine rings is 1. The molecule has 4 atom stereocenters. The number of aryl methyl sites for hydroxylation is 1. The highest BCUT2D eigenvalue weighted by Crippen LogP contribution is 2.41. The summed E-state index contributed by atoms with van der Waals surface area (Å²) in [5.74, 6) is 2.76. The van der Waals surface area contributed by atoms with Gasteiger partial charge in [0.2, 0.25) is 11.8 Å². The molecule has 396 valence electrons. The largest absolute Gasteiger partial charge is 0.508 e. The first-order chi connectivity index (χ1) is 35.3. The number of cyclic esters (lactones) is 1. The first kappa shape index (κ1) is 54.0. The number of hydrogen-bond donors (Lipinski definition) is 3. The third-order valence-corrected chi connectivity index (χ3v) is 15.2. The van der Waals surface area contributed by atoms with Crippen molar-refractivity contribution in [2.45, 2.75) is 104 Å². The number of hydrazine groups is 1. The van der Waals surface area contributed by atoms with Gasteiger partial charge in [-0.1, -0.05) is 45.7 Å². The summed E-state index contributed by atoms with van der Waals surface area (Å²) < 4.78 is 14.1. The smallest absolute Gasteiger partial charge is 0.324 e. The lowest BCUT2D eigenvalue weighted by atomic mass is 9.84. The van der Waals surface area contributed by atoms with Crippen LogP contribution in [0.2, 0.25) is 0 Å². The summed E-state index contributed by atoms with van der Waals surface area (Å²) in [4.78, 5) is 83.9. The van der Waals surface area contributed by atoms with Crippen LogP contribution in [0.3, 0.4) is 0 Å². The van der Waals surface area contributed by atoms with E-state index < -0.39 is 46.7 Å². The molecule has 6 bridgehead atoms. The van der Waals surface area contributed by atoms with Crippen LogP contribution in [0.15, 0.2) is 54.7 Å². The van der Waals surface area contributed by atoms with Crippen LogP contribution in [-0.4, -0.2) is 167 Å². The number of benzene rings is 2. The highest BCUT2D eigenvalue weighted by atomic mass is 16.5. The summed E-state index contributed by atoms with van der Waals surface area (Å²) in [5.41, 5.74) is 7.88. The average molecular weight is 1010 g/mol. The normalized spacial score (nSPS) is 22.2. The fraction of sp³-hybridized carbons (Fsp3) is 0.544. The zero-order chi connectivity index (χ0) is 53.1. The Kier molecular flexibility index (Phi) is 16.5. The number of likely N-dealkylation sites (tertiary alicyclic amines) is 1. The number of esters is 1. The molecule has 0 radical (unpaired) electrons. The van der Waals surface area contributed by atoms with Crippen molar-refractivity contribution in [1.29, 1.82) is 0 Å². The number of methoxy groups -OCH3 is 1. The molecule has 0 spiro atoms. The van der Waals surface area contributed by atoms with Crippen molar-refractivity contribution >= 4 is 40.5 Å². The molecule has 4 aromatic rings. The zero-order valence-corrected chi connectivity index (χ0v) is 44.8. The Morgan fingerprint density at radius 2 is 1.77 bits per heavy atom. The molecule has 3 fully saturated rings. The predicted molar refractivity (Wildman–Crippen MR) is 283 cm³/mol. The van der Waals surface area contributed by atoms with Crippen LogP contribution < -0.4 is 10.7 Å². The van der Waals surface area contributed by atoms with Gasteiger partial charge in [-0.05, 0) is 117 Å². The summed E-state index contributed by atoms with van der Waals surface area (Å²) in [7, 11) is 5.34. The van der Waals surface area contributed by atoms with Gasteiger partial charge < -0.3 is 39.2 Å². The number of carbonyl (C=O) groups excluding carboxylic acids is 5. The number of aromatic nitrogens is 2. The van der Waals surface area contributed by atoms with E-state index >= 15 is 4.79 Å². The van der Waals surface area contributed by atoms with Gasteiger partial charge in [0.05, 0.1) is 37.1 Å². The average Bonchev–Trinajstić information content (AvgIpc) is 3.98. The minimum Gasteiger partial charge on any atom is -0.508 e. The van der Waals surface area contributed by atoms with E-state index in [1.165, 1.54) is 9.91 Å². The van der Waals surface area contributed by atoms with Gasteiger partial charge >= 0.3 is 5.97 Å². The third-order valence-electron chi connectivity index (χ3n) is 15.2. The number of amides is 4. The van der Waals surface area contributed by atoms with Crippen molar-refractivity contribution in [3.05, 3.63) is 71.5 Å². The number of aromatic hydroxyl groups is 1. The topological polar surface area (TPSA) is 182 Å². The van der Waals surface area contributed by atoms with Crippen molar-refractivity contribution in [2.75, 3.05) is 80.2 Å². The molecular formula is C57H75N9O8. The number of phenolic OH excluding ortho intramolecular Hbond substituents is 1. The van der Waals surface area contributed by atoms with E-state index in [4.69, 9.17) is 14.5 Å². The van der Waals surface area contributed by atoms with Crippen LogP contribution in [0.4, 0.5) is 0 Å². The summed E-state index contributed by atoms with van der Waals surface area (Å²) >= 11 is 0. The number of hydrogen-bond acceptors (Lipinski definition) is 12. The third kappa shape index (κ3) is 11.8. The minimum absolute atomic E-state index is 0.0183. The summed E-state index contributed by atoms with van der Waals surface area (Å²) in [6, 6.07) is 13.6. The Morgan fingerprint density at radius 1 is 1.00 bits per heavy atom. The van der Waals surface area contributed by atoms with E-state index in [9.17, 15) is 24.3 Å². The van der Waals surface area contributed by atoms with Gasteiger partial charge in [0.15, 0.2) is 0 Å². The Hall–Kier alpha value is -6.32. The van der Waals surface area contributed by atoms with Crippen molar-refractivity contribution < 1.29 is 38.6 Å². The number of piperazine rings is 1. The molecule has 3 saturated heterocycles. The van der Waals surface area contributed by atoms with Gasteiger partial charge in [-0.25, -0.2) is 5.43 Å². The van der Waals surface area contributed by atoms with Crippen LogP contribution in [0.25, 0.3) is 33.3 Å². The standard InChI is InChI=1S/C57H75N9O8/c1-10-65-48-18-17-39-31-44(48)45(51(65)43-14-11-20-58-47(43)35-73-9)33-56(4,5)36-74-54(71)46-15-12-22-66(60-46)55(72)57(6,32-38-28-41(39)30-42(67)29-38)59-52(69)50(37(2)3)62(8)53(70)40-19-23-64(34-40)49(68)16-13-21-63-26-24-61(7)25-27-63/h11,14,17-18,20,28-31,37,40,46,50,60,67H,10,12,15,19,21-27,32-36H2,1-9H3,(H,59,69)/t40-,46-,50-,57?/m0/s1. The van der Waals surface area contributed by atoms with Gasteiger partial charge in [-0.15, -0.1) is 0 Å². The molecule has 1 unspecified atom stereocenters. The van der Waals surface area contributed by atoms with Gasteiger partial charge in [0.1, 0.15) is 23.4 Å².